The molecule has 2 heterocycles. The van der Waals surface area contributed by atoms with Gasteiger partial charge in [-0.25, -0.2) is 30.3 Å². The molecule has 13 heteroatoms. The molecule has 11 nitrogen and oxygen atoms in total. The van der Waals surface area contributed by atoms with Crippen LogP contribution in [0, 0.1) is 30.2 Å². The quantitative estimate of drug-likeness (QED) is 0.231. The van der Waals surface area contributed by atoms with E-state index in [9.17, 15) is 4.79 Å². The second kappa shape index (κ2) is 12.9. The summed E-state index contributed by atoms with van der Waals surface area (Å²) >= 11 is 2.51. The Balaban J connectivity index is 0.000000428. The second-order valence-electron chi connectivity index (χ2n) is 3.87. The van der Waals surface area contributed by atoms with Gasteiger partial charge in [0.15, 0.2) is 10.9 Å². The molecule has 26 heavy (non-hydrogen) atoms. The van der Waals surface area contributed by atoms with Crippen LogP contribution in [0.4, 0.5) is 20.7 Å². The molecule has 0 saturated heterocycles. The maximum atomic E-state index is 10.7. The number of hydrogen-bond acceptors (Lipinski definition) is 10. The summed E-state index contributed by atoms with van der Waals surface area (Å²) in [6, 6.07) is 1.72. The van der Waals surface area contributed by atoms with Crippen molar-refractivity contribution < 1.29 is 9.59 Å². The Morgan fingerprint density at radius 2 is 2.12 bits per heavy atom. The highest BCUT2D eigenvalue weighted by molar-refractivity contribution is 7.19. The van der Waals surface area contributed by atoms with Gasteiger partial charge in [-0.15, -0.1) is 11.3 Å². The van der Waals surface area contributed by atoms with Crippen molar-refractivity contribution in [3.8, 4) is 6.07 Å². The zero-order valence-corrected chi connectivity index (χ0v) is 15.6. The zero-order chi connectivity index (χ0) is 19.9. The standard InChI is InChI=1S/C6H7N5OS.C6H7N3S.CHNO/c1-7-4-3-9-6(13-4)11-10-5(12)8-2;1-4-5(3-7)6(8-2)9-10-4;2-1-3/h3H,2H3,(H,9,11)(H2,8,10,12);1-2H3,(H,8,9);2H. The van der Waals surface area contributed by atoms with Crippen LogP contribution in [-0.4, -0.2) is 35.6 Å². The molecule has 0 aliphatic heterocycles. The van der Waals surface area contributed by atoms with Crippen LogP contribution < -0.4 is 21.5 Å². The number of amides is 2. The number of hydrazine groups is 1. The SMILES string of the molecule is CNc1nsc(C)c1C#N.N=C=O.[C-]#[N+]c1cnc(NNC(=O)NC)s1. The van der Waals surface area contributed by atoms with Crippen LogP contribution in [0.15, 0.2) is 6.20 Å². The fraction of sp³-hybridized carbons (Fsp3) is 0.231. The Morgan fingerprint density at radius 3 is 2.54 bits per heavy atom. The lowest BCUT2D eigenvalue weighted by molar-refractivity contribution is 0.245. The third-order valence-corrected chi connectivity index (χ3v) is 3.88. The number of hydrogen-bond donors (Lipinski definition) is 5. The van der Waals surface area contributed by atoms with E-state index in [1.807, 2.05) is 6.92 Å². The maximum absolute atomic E-state index is 10.7. The van der Waals surface area contributed by atoms with Crippen molar-refractivity contribution in [2.45, 2.75) is 6.92 Å². The molecule has 0 bridgehead atoms. The molecule has 0 saturated carbocycles. The summed E-state index contributed by atoms with van der Waals surface area (Å²) in [4.78, 5) is 27.0. The third kappa shape index (κ3) is 7.85. The van der Waals surface area contributed by atoms with Gasteiger partial charge in [0.2, 0.25) is 6.08 Å². The Kier molecular flexibility index (Phi) is 11.1. The number of thiazole rings is 1. The Hall–Kier alpha value is -3.51. The minimum absolute atomic E-state index is 0.362. The monoisotopic (exact) mass is 393 g/mol. The van der Waals surface area contributed by atoms with E-state index in [-0.39, 0.29) is 6.03 Å². The molecular formula is C13H15N9O2S2. The van der Waals surface area contributed by atoms with Crippen LogP contribution >= 0.6 is 22.9 Å². The van der Waals surface area contributed by atoms with Gasteiger partial charge in [-0.2, -0.15) is 9.64 Å². The number of aromatic nitrogens is 2. The van der Waals surface area contributed by atoms with Crippen LogP contribution in [0.3, 0.4) is 0 Å². The molecule has 2 amide bonds. The van der Waals surface area contributed by atoms with Gasteiger partial charge in [-0.1, -0.05) is 0 Å². The van der Waals surface area contributed by atoms with E-state index in [1.165, 1.54) is 36.1 Å². The van der Waals surface area contributed by atoms with Crippen LogP contribution in [0.2, 0.25) is 0 Å². The Bertz CT molecular complexity index is 826. The van der Waals surface area contributed by atoms with Crippen molar-refractivity contribution >= 4 is 50.9 Å². The molecule has 0 radical (unpaired) electrons. The Morgan fingerprint density at radius 1 is 1.46 bits per heavy atom. The molecule has 0 aliphatic rings. The van der Waals surface area contributed by atoms with Crippen LogP contribution in [0.5, 0.6) is 0 Å². The number of urea groups is 1. The molecular weight excluding hydrogens is 378 g/mol. The summed E-state index contributed by atoms with van der Waals surface area (Å²) in [5, 5.41) is 20.2. The number of isocyanates is 1. The maximum Gasteiger partial charge on any atom is 0.333 e. The zero-order valence-electron chi connectivity index (χ0n) is 14.0. The van der Waals surface area contributed by atoms with Crippen molar-refractivity contribution in [3.63, 3.8) is 0 Å². The lowest BCUT2D eigenvalue weighted by Gasteiger charge is -2.03. The van der Waals surface area contributed by atoms with Gasteiger partial charge in [-0.05, 0) is 18.5 Å². The van der Waals surface area contributed by atoms with Gasteiger partial charge in [0.1, 0.15) is 11.6 Å². The van der Waals surface area contributed by atoms with Crippen LogP contribution in [-0.2, 0) is 4.79 Å². The molecule has 0 atom stereocenters. The number of aryl methyl sites for hydroxylation is 1. The first-order valence-corrected chi connectivity index (χ1v) is 8.21. The molecule has 2 aromatic heterocycles. The average molecular weight is 393 g/mol. The number of nitrogens with zero attached hydrogens (tertiary/aromatic N) is 4. The molecule has 136 valence electrons. The van der Waals surface area contributed by atoms with Crippen LogP contribution in [0.1, 0.15) is 10.4 Å². The number of carbonyl (C=O) groups excluding carboxylic acids is 2. The summed E-state index contributed by atoms with van der Waals surface area (Å²) in [5.41, 5.74) is 5.54. The van der Waals surface area contributed by atoms with Crippen molar-refractivity contribution in [1.29, 1.82) is 10.7 Å². The van der Waals surface area contributed by atoms with Gasteiger partial charge in [0, 0.05) is 25.2 Å². The minimum Gasteiger partial charge on any atom is -0.371 e. The van der Waals surface area contributed by atoms with Gasteiger partial charge < -0.3 is 10.6 Å². The summed E-state index contributed by atoms with van der Waals surface area (Å²) in [6.45, 7) is 8.56. The van der Waals surface area contributed by atoms with E-state index in [4.69, 9.17) is 22.0 Å². The summed E-state index contributed by atoms with van der Waals surface area (Å²) in [5.74, 6) is 0.685. The summed E-state index contributed by atoms with van der Waals surface area (Å²) in [7, 11) is 3.26. The van der Waals surface area contributed by atoms with Gasteiger partial charge in [0.05, 0.1) is 6.57 Å². The van der Waals surface area contributed by atoms with E-state index in [1.54, 1.807) is 7.05 Å². The number of nitriles is 1. The molecule has 0 fully saturated rings. The molecule has 0 aromatic carbocycles. The van der Waals surface area contributed by atoms with Gasteiger partial charge in [-0.3, -0.25) is 5.43 Å². The molecule has 0 spiro atoms. The average Bonchev–Trinajstić information content (AvgIpc) is 3.26. The lowest BCUT2D eigenvalue weighted by atomic mass is 10.3. The molecule has 0 aliphatic carbocycles. The Labute approximate surface area is 157 Å². The number of rotatable bonds is 3. The first kappa shape index (κ1) is 22.5. The minimum atomic E-state index is -0.362. The van der Waals surface area contributed by atoms with Crippen molar-refractivity contribution in [1.82, 2.24) is 20.1 Å². The van der Waals surface area contributed by atoms with E-state index in [0.29, 0.717) is 21.5 Å². The van der Waals surface area contributed by atoms with Gasteiger partial charge in [0.25, 0.3) is 5.00 Å². The van der Waals surface area contributed by atoms with E-state index >= 15 is 0 Å². The first-order chi connectivity index (χ1) is 12.5. The highest BCUT2D eigenvalue weighted by Crippen LogP contribution is 2.24. The predicted molar refractivity (Wildman–Crippen MR) is 99.1 cm³/mol. The fourth-order valence-corrected chi connectivity index (χ4v) is 2.42. The molecule has 2 aromatic rings. The molecule has 5 N–H and O–H groups in total. The van der Waals surface area contributed by atoms with E-state index in [2.05, 4.69) is 41.8 Å². The molecule has 0 unspecified atom stereocenters. The number of anilines is 2. The van der Waals surface area contributed by atoms with E-state index < -0.39 is 0 Å². The van der Waals surface area contributed by atoms with Crippen molar-refractivity contribution in [2.24, 2.45) is 0 Å². The first-order valence-electron chi connectivity index (χ1n) is 6.62. The van der Waals surface area contributed by atoms with E-state index in [0.717, 1.165) is 11.0 Å². The smallest absolute Gasteiger partial charge is 0.333 e. The highest BCUT2D eigenvalue weighted by Gasteiger charge is 2.06. The number of nitrogens with one attached hydrogen (secondary N) is 5. The van der Waals surface area contributed by atoms with Crippen molar-refractivity contribution in [2.75, 3.05) is 24.8 Å². The van der Waals surface area contributed by atoms with Gasteiger partial charge >= 0.3 is 6.03 Å². The van der Waals surface area contributed by atoms with Crippen molar-refractivity contribution in [3.05, 3.63) is 28.1 Å². The lowest BCUT2D eigenvalue weighted by Crippen LogP contribution is -2.36. The molecule has 2 rings (SSSR count). The topological polar surface area (TPSA) is 160 Å². The fourth-order valence-electron chi connectivity index (χ4n) is 1.22. The van der Waals surface area contributed by atoms with Crippen LogP contribution in [0.25, 0.3) is 4.85 Å². The largest absolute Gasteiger partial charge is 0.371 e. The normalized spacial score (nSPS) is 8.04. The number of carbonyl (C=O) groups is 1. The predicted octanol–water partition coefficient (Wildman–Crippen LogP) is 2.22. The highest BCUT2D eigenvalue weighted by atomic mass is 32.1. The summed E-state index contributed by atoms with van der Waals surface area (Å²) < 4.78 is 4.01. The third-order valence-electron chi connectivity index (χ3n) is 2.33. The second-order valence-corrected chi connectivity index (χ2v) is 5.86. The summed E-state index contributed by atoms with van der Waals surface area (Å²) in [6.07, 6.45) is 2.19.